The van der Waals surface area contributed by atoms with Gasteiger partial charge in [0.25, 0.3) is 5.91 Å². The highest BCUT2D eigenvalue weighted by Gasteiger charge is 2.50. The average molecular weight is 562 g/mol. The molecule has 0 aliphatic carbocycles. The summed E-state index contributed by atoms with van der Waals surface area (Å²) in [4.78, 5) is 34.6. The number of aromatic nitrogens is 4. The maximum absolute atomic E-state index is 14.6. The molecule has 0 bridgehead atoms. The highest BCUT2D eigenvalue weighted by molar-refractivity contribution is 6.13. The molecule has 2 saturated heterocycles. The van der Waals surface area contributed by atoms with E-state index in [0.29, 0.717) is 29.0 Å². The zero-order valence-corrected chi connectivity index (χ0v) is 24.2. The zero-order valence-electron chi connectivity index (χ0n) is 24.2. The molecule has 3 aromatic heterocycles. The topological polar surface area (TPSA) is 97.0 Å². The number of pyridine rings is 1. The fourth-order valence-electron chi connectivity index (χ4n) is 6.03. The van der Waals surface area contributed by atoms with Gasteiger partial charge in [0.1, 0.15) is 11.1 Å². The van der Waals surface area contributed by atoms with E-state index in [0.717, 1.165) is 50.0 Å². The van der Waals surface area contributed by atoms with Gasteiger partial charge in [-0.25, -0.2) is 14.2 Å². The summed E-state index contributed by atoms with van der Waals surface area (Å²) in [6.07, 6.45) is 7.77. The number of aryl methyl sites for hydroxylation is 2. The number of benzene rings is 1. The van der Waals surface area contributed by atoms with Crippen molar-refractivity contribution in [1.82, 2.24) is 24.1 Å². The van der Waals surface area contributed by atoms with Crippen LogP contribution in [-0.4, -0.2) is 66.8 Å². The molecule has 2 amide bonds. The number of rotatable bonds is 4. The third-order valence-electron chi connectivity index (χ3n) is 8.18. The van der Waals surface area contributed by atoms with Crippen LogP contribution in [0.15, 0.2) is 36.8 Å². The van der Waals surface area contributed by atoms with Gasteiger partial charge in [-0.05, 0) is 66.0 Å². The molecule has 0 saturated carbocycles. The number of piperidine rings is 1. The second-order valence-corrected chi connectivity index (χ2v) is 12.1. The zero-order chi connectivity index (χ0) is 29.1. The number of halogens is 1. The number of hydrogen-bond acceptors (Lipinski definition) is 6. The Bertz CT molecular complexity index is 1660. The van der Waals surface area contributed by atoms with Gasteiger partial charge in [-0.1, -0.05) is 0 Å². The van der Waals surface area contributed by atoms with E-state index in [4.69, 9.17) is 9.84 Å². The highest BCUT2D eigenvalue weighted by Crippen LogP contribution is 2.42. The van der Waals surface area contributed by atoms with Gasteiger partial charge in [0.15, 0.2) is 11.5 Å². The molecule has 0 atom stereocenters. The normalized spacial score (nSPS) is 16.8. The molecular weight excluding hydrogens is 525 g/mol. The molecule has 11 heteroatoms. The van der Waals surface area contributed by atoms with Crippen molar-refractivity contribution in [1.29, 1.82) is 0 Å². The maximum Gasteiger partial charge on any atom is 0.410 e. The number of carbonyl (C=O) groups excluding carboxylic acids is 2. The van der Waals surface area contributed by atoms with Crippen LogP contribution in [0.3, 0.4) is 0 Å². The van der Waals surface area contributed by atoms with Crippen molar-refractivity contribution in [3.05, 3.63) is 53.9 Å². The van der Waals surface area contributed by atoms with Gasteiger partial charge in [-0.15, -0.1) is 0 Å². The van der Waals surface area contributed by atoms with Crippen LogP contribution in [0.5, 0.6) is 0 Å². The van der Waals surface area contributed by atoms with E-state index in [1.807, 2.05) is 49.5 Å². The average Bonchev–Trinajstić information content (AvgIpc) is 3.50. The number of ether oxygens (including phenoxy) is 1. The molecule has 4 aromatic rings. The van der Waals surface area contributed by atoms with Crippen LogP contribution < -0.4 is 10.2 Å². The number of nitrogens with zero attached hydrogens (tertiary/aromatic N) is 6. The number of amides is 2. The second-order valence-electron chi connectivity index (χ2n) is 12.1. The molecule has 5 heterocycles. The summed E-state index contributed by atoms with van der Waals surface area (Å²) in [6, 6.07) is 5.03. The molecule has 41 heavy (non-hydrogen) atoms. The van der Waals surface area contributed by atoms with Gasteiger partial charge in [0.2, 0.25) is 0 Å². The maximum atomic E-state index is 14.6. The third-order valence-corrected chi connectivity index (χ3v) is 8.18. The minimum Gasteiger partial charge on any atom is -0.444 e. The van der Waals surface area contributed by atoms with Gasteiger partial charge in [-0.2, -0.15) is 5.10 Å². The van der Waals surface area contributed by atoms with E-state index in [2.05, 4.69) is 15.2 Å². The number of anilines is 2. The van der Waals surface area contributed by atoms with Crippen LogP contribution >= 0.6 is 0 Å². The minimum absolute atomic E-state index is 0.157. The lowest BCUT2D eigenvalue weighted by molar-refractivity contribution is -0.0541. The standard InChI is InChI=1S/C30H36FN7O3/c1-6-37-18-22-24(35-12-9-30(10-13-35)11-14-38(30)28(40)41-29(3,4)5)8-7-21(25(22)34-37)27(39)33-20-15-23(31)26-32-19(2)16-36(26)17-20/h7-8,15-18H,6,9-14H2,1-5H3,(H,33,39). The summed E-state index contributed by atoms with van der Waals surface area (Å²) in [6.45, 7) is 12.4. The lowest BCUT2D eigenvalue weighted by atomic mass is 9.76. The Hall–Kier alpha value is -4.15. The fraction of sp³-hybridized carbons (Fsp3) is 0.467. The monoisotopic (exact) mass is 561 g/mol. The van der Waals surface area contributed by atoms with Crippen LogP contribution in [-0.2, 0) is 11.3 Å². The first kappa shape index (κ1) is 27.0. The van der Waals surface area contributed by atoms with Crippen molar-refractivity contribution in [3.8, 4) is 0 Å². The van der Waals surface area contributed by atoms with Crippen molar-refractivity contribution in [2.75, 3.05) is 29.9 Å². The summed E-state index contributed by atoms with van der Waals surface area (Å²) in [5, 5.41) is 8.44. The van der Waals surface area contributed by atoms with Crippen LogP contribution in [0.4, 0.5) is 20.6 Å². The van der Waals surface area contributed by atoms with E-state index < -0.39 is 11.4 Å². The summed E-state index contributed by atoms with van der Waals surface area (Å²) < 4.78 is 23.7. The Kier molecular flexibility index (Phi) is 6.43. The Labute approximate surface area is 238 Å². The van der Waals surface area contributed by atoms with Gasteiger partial charge in [0, 0.05) is 61.9 Å². The van der Waals surface area contributed by atoms with Gasteiger partial charge in [-0.3, -0.25) is 9.48 Å². The summed E-state index contributed by atoms with van der Waals surface area (Å²) >= 11 is 0. The third kappa shape index (κ3) is 4.87. The van der Waals surface area contributed by atoms with Crippen molar-refractivity contribution in [3.63, 3.8) is 0 Å². The van der Waals surface area contributed by atoms with Gasteiger partial charge >= 0.3 is 6.09 Å². The predicted octanol–water partition coefficient (Wildman–Crippen LogP) is 5.38. The van der Waals surface area contributed by atoms with Crippen molar-refractivity contribution < 1.29 is 18.7 Å². The van der Waals surface area contributed by atoms with Crippen LogP contribution in [0.25, 0.3) is 16.6 Å². The lowest BCUT2D eigenvalue weighted by Gasteiger charge is -2.56. The van der Waals surface area contributed by atoms with Crippen molar-refractivity contribution >= 4 is 39.9 Å². The summed E-state index contributed by atoms with van der Waals surface area (Å²) in [5.41, 5.74) is 2.59. The lowest BCUT2D eigenvalue weighted by Crippen LogP contribution is -2.66. The minimum atomic E-state index is -0.521. The fourth-order valence-corrected chi connectivity index (χ4v) is 6.03. The first-order valence-corrected chi connectivity index (χ1v) is 14.2. The molecular formula is C30H36FN7O3. The molecule has 10 nitrogen and oxygen atoms in total. The number of hydrogen-bond donors (Lipinski definition) is 1. The molecule has 6 rings (SSSR count). The summed E-state index contributed by atoms with van der Waals surface area (Å²) in [7, 11) is 0. The van der Waals surface area contributed by atoms with E-state index in [1.165, 1.54) is 6.07 Å². The van der Waals surface area contributed by atoms with E-state index in [1.54, 1.807) is 29.8 Å². The molecule has 2 aliphatic rings. The van der Waals surface area contributed by atoms with Crippen molar-refractivity contribution in [2.45, 2.75) is 71.6 Å². The number of carbonyl (C=O) groups is 2. The molecule has 0 unspecified atom stereocenters. The molecule has 2 aliphatic heterocycles. The Morgan fingerprint density at radius 1 is 1.10 bits per heavy atom. The number of imidazole rings is 1. The van der Waals surface area contributed by atoms with Crippen LogP contribution in [0, 0.1) is 12.7 Å². The first-order chi connectivity index (χ1) is 19.5. The Morgan fingerprint density at radius 2 is 1.83 bits per heavy atom. The molecule has 0 radical (unpaired) electrons. The highest BCUT2D eigenvalue weighted by atomic mass is 19.1. The van der Waals surface area contributed by atoms with Crippen molar-refractivity contribution in [2.24, 2.45) is 0 Å². The molecule has 2 fully saturated rings. The van der Waals surface area contributed by atoms with E-state index in [9.17, 15) is 14.0 Å². The first-order valence-electron chi connectivity index (χ1n) is 14.2. The quantitative estimate of drug-likeness (QED) is 0.359. The Balaban J connectivity index is 1.23. The number of nitrogens with one attached hydrogen (secondary N) is 1. The smallest absolute Gasteiger partial charge is 0.410 e. The van der Waals surface area contributed by atoms with Gasteiger partial charge < -0.3 is 24.3 Å². The largest absolute Gasteiger partial charge is 0.444 e. The number of likely N-dealkylation sites (tertiary alicyclic amines) is 1. The molecule has 1 spiro atoms. The van der Waals surface area contributed by atoms with E-state index >= 15 is 0 Å². The molecule has 1 N–H and O–H groups in total. The molecule has 216 valence electrons. The number of fused-ring (bicyclic) bond motifs is 2. The van der Waals surface area contributed by atoms with Gasteiger partial charge in [0.05, 0.1) is 22.5 Å². The second kappa shape index (κ2) is 9.74. The van der Waals surface area contributed by atoms with E-state index in [-0.39, 0.29) is 23.2 Å². The van der Waals surface area contributed by atoms with Crippen LogP contribution in [0.1, 0.15) is 63.0 Å². The Morgan fingerprint density at radius 3 is 2.49 bits per heavy atom. The summed E-state index contributed by atoms with van der Waals surface area (Å²) in [5.74, 6) is -0.871. The van der Waals surface area contributed by atoms with Crippen LogP contribution in [0.2, 0.25) is 0 Å². The molecule has 1 aromatic carbocycles. The predicted molar refractivity (Wildman–Crippen MR) is 155 cm³/mol. The SMILES string of the molecule is CCn1cc2c(N3CCC4(CC3)CCN4C(=O)OC(C)(C)C)ccc(C(=O)Nc3cc(F)c4nc(C)cn4c3)c2n1.